The highest BCUT2D eigenvalue weighted by molar-refractivity contribution is 6.37. The summed E-state index contributed by atoms with van der Waals surface area (Å²) in [5.41, 5.74) is 2.61. The first-order valence-electron chi connectivity index (χ1n) is 4.24. The van der Waals surface area contributed by atoms with Gasteiger partial charge in [-0.1, -0.05) is 0 Å². The van der Waals surface area contributed by atoms with Gasteiger partial charge in [0.2, 0.25) is 0 Å². The fourth-order valence-corrected chi connectivity index (χ4v) is 1.04. The minimum absolute atomic E-state index is 0.00694. The van der Waals surface area contributed by atoms with E-state index in [1.165, 1.54) is 6.92 Å². The lowest BCUT2D eigenvalue weighted by molar-refractivity contribution is -0.111. The molecule has 0 bridgehead atoms. The van der Waals surface area contributed by atoms with Gasteiger partial charge >= 0.3 is 0 Å². The van der Waals surface area contributed by atoms with Crippen molar-refractivity contribution in [2.24, 2.45) is 5.10 Å². The third-order valence-corrected chi connectivity index (χ3v) is 1.99. The predicted octanol–water partition coefficient (Wildman–Crippen LogP) is 1.92. The lowest BCUT2D eigenvalue weighted by atomic mass is 10.3. The third-order valence-electron chi connectivity index (χ3n) is 1.99. The van der Waals surface area contributed by atoms with E-state index in [0.29, 0.717) is 5.71 Å². The molecule has 0 saturated heterocycles. The molecule has 0 amide bonds. The fraction of sp³-hybridized carbons (Fsp3) is 0.400. The summed E-state index contributed by atoms with van der Waals surface area (Å²) in [5.74, 6) is 0.00694. The highest BCUT2D eigenvalue weighted by Crippen LogP contribution is 2.06. The van der Waals surface area contributed by atoms with Gasteiger partial charge in [-0.15, -0.1) is 0 Å². The van der Waals surface area contributed by atoms with E-state index in [9.17, 15) is 4.79 Å². The normalized spacial score (nSPS) is 11.8. The van der Waals surface area contributed by atoms with Crippen molar-refractivity contribution < 1.29 is 4.79 Å². The molecule has 0 atom stereocenters. The number of nitrogens with zero attached hydrogens (tertiary/aromatic N) is 2. The number of aromatic nitrogens is 1. The van der Waals surface area contributed by atoms with Gasteiger partial charge in [0.1, 0.15) is 5.71 Å². The maximum Gasteiger partial charge on any atom is 0.175 e. The van der Waals surface area contributed by atoms with Gasteiger partial charge in [-0.25, -0.2) is 4.68 Å². The van der Waals surface area contributed by atoms with Crippen LogP contribution in [-0.2, 0) is 4.79 Å². The Balaban J connectivity index is 3.10. The summed E-state index contributed by atoms with van der Waals surface area (Å²) in [4.78, 5) is 10.9. The van der Waals surface area contributed by atoms with E-state index in [1.807, 2.05) is 26.0 Å². The molecule has 0 aromatic carbocycles. The van der Waals surface area contributed by atoms with Crippen LogP contribution in [-0.4, -0.2) is 16.2 Å². The SMILES string of the molecule is CC(=O)C(C)=Nn1c(C)ccc1C. The number of carbonyl (C=O) groups is 1. The third kappa shape index (κ3) is 2.05. The van der Waals surface area contributed by atoms with Crippen molar-refractivity contribution in [2.45, 2.75) is 27.7 Å². The molecule has 0 fully saturated rings. The second-order valence-corrected chi connectivity index (χ2v) is 3.17. The summed E-state index contributed by atoms with van der Waals surface area (Å²) in [6, 6.07) is 3.96. The molecule has 0 N–H and O–H groups in total. The fourth-order valence-electron chi connectivity index (χ4n) is 1.04. The van der Waals surface area contributed by atoms with Crippen molar-refractivity contribution >= 4 is 11.5 Å². The summed E-state index contributed by atoms with van der Waals surface area (Å²) in [6.45, 7) is 7.17. The standard InChI is InChI=1S/C10H14N2O/c1-7-5-6-8(2)12(7)11-9(3)10(4)13/h5-6H,1-4H3. The zero-order valence-corrected chi connectivity index (χ0v) is 8.46. The number of rotatable bonds is 2. The molecule has 1 aromatic heterocycles. The summed E-state index contributed by atoms with van der Waals surface area (Å²) in [7, 11) is 0. The molecule has 3 heteroatoms. The molecule has 13 heavy (non-hydrogen) atoms. The first-order valence-corrected chi connectivity index (χ1v) is 4.24. The molecular formula is C10H14N2O. The molecule has 0 spiro atoms. The van der Waals surface area contributed by atoms with Gasteiger partial charge in [-0.3, -0.25) is 4.79 Å². The van der Waals surface area contributed by atoms with E-state index in [4.69, 9.17) is 0 Å². The Morgan fingerprint density at radius 3 is 2.08 bits per heavy atom. The Labute approximate surface area is 78.1 Å². The summed E-state index contributed by atoms with van der Waals surface area (Å²) < 4.78 is 1.77. The molecule has 0 unspecified atom stereocenters. The highest BCUT2D eigenvalue weighted by atomic mass is 16.1. The average Bonchev–Trinajstić information content (AvgIpc) is 2.35. The van der Waals surface area contributed by atoms with E-state index in [0.717, 1.165) is 11.4 Å². The van der Waals surface area contributed by atoms with Crippen molar-refractivity contribution in [1.29, 1.82) is 0 Å². The molecule has 3 nitrogen and oxygen atoms in total. The van der Waals surface area contributed by atoms with Gasteiger partial charge in [-0.2, -0.15) is 5.10 Å². The quantitative estimate of drug-likeness (QED) is 0.637. The molecule has 0 aliphatic rings. The van der Waals surface area contributed by atoms with Gasteiger partial charge in [0.15, 0.2) is 5.78 Å². The zero-order valence-electron chi connectivity index (χ0n) is 8.46. The van der Waals surface area contributed by atoms with Crippen LogP contribution in [0.5, 0.6) is 0 Å². The van der Waals surface area contributed by atoms with Crippen LogP contribution >= 0.6 is 0 Å². The Morgan fingerprint density at radius 2 is 1.69 bits per heavy atom. The van der Waals surface area contributed by atoms with Crippen molar-refractivity contribution in [3.05, 3.63) is 23.5 Å². The molecule has 1 heterocycles. The summed E-state index contributed by atoms with van der Waals surface area (Å²) >= 11 is 0. The molecule has 1 rings (SSSR count). The van der Waals surface area contributed by atoms with Crippen LogP contribution in [0.3, 0.4) is 0 Å². The van der Waals surface area contributed by atoms with Crippen molar-refractivity contribution in [3.8, 4) is 0 Å². The number of carbonyl (C=O) groups excluding carboxylic acids is 1. The first-order chi connectivity index (χ1) is 6.02. The smallest absolute Gasteiger partial charge is 0.175 e. The van der Waals surface area contributed by atoms with E-state index in [-0.39, 0.29) is 5.78 Å². The zero-order chi connectivity index (χ0) is 10.0. The van der Waals surface area contributed by atoms with Gasteiger partial charge in [0.05, 0.1) is 0 Å². The van der Waals surface area contributed by atoms with Gasteiger partial charge < -0.3 is 0 Å². The van der Waals surface area contributed by atoms with E-state index in [1.54, 1.807) is 11.6 Å². The minimum Gasteiger partial charge on any atom is -0.293 e. The van der Waals surface area contributed by atoms with Crippen molar-refractivity contribution in [3.63, 3.8) is 0 Å². The number of ketones is 1. The maximum absolute atomic E-state index is 10.9. The van der Waals surface area contributed by atoms with E-state index >= 15 is 0 Å². The average molecular weight is 178 g/mol. The molecular weight excluding hydrogens is 164 g/mol. The molecule has 0 saturated carbocycles. The molecule has 1 aromatic rings. The van der Waals surface area contributed by atoms with Crippen LogP contribution in [0.2, 0.25) is 0 Å². The van der Waals surface area contributed by atoms with Crippen LogP contribution in [0.15, 0.2) is 17.2 Å². The summed E-state index contributed by atoms with van der Waals surface area (Å²) in [5, 5.41) is 4.20. The maximum atomic E-state index is 10.9. The molecule has 0 aliphatic heterocycles. The minimum atomic E-state index is 0.00694. The number of aryl methyl sites for hydroxylation is 2. The lowest BCUT2D eigenvalue weighted by Crippen LogP contribution is -2.08. The van der Waals surface area contributed by atoms with Crippen LogP contribution in [0.4, 0.5) is 0 Å². The second-order valence-electron chi connectivity index (χ2n) is 3.17. The number of hydrogen-bond donors (Lipinski definition) is 0. The number of Topliss-reactive ketones (excluding diaryl/α,β-unsaturated/α-hetero) is 1. The van der Waals surface area contributed by atoms with E-state index < -0.39 is 0 Å². The topological polar surface area (TPSA) is 34.4 Å². The van der Waals surface area contributed by atoms with Crippen LogP contribution < -0.4 is 0 Å². The Bertz CT molecular complexity index is 342. The monoisotopic (exact) mass is 178 g/mol. The first kappa shape index (κ1) is 9.71. The van der Waals surface area contributed by atoms with Gasteiger partial charge in [0.25, 0.3) is 0 Å². The lowest BCUT2D eigenvalue weighted by Gasteiger charge is -2.02. The van der Waals surface area contributed by atoms with E-state index in [2.05, 4.69) is 5.10 Å². The molecule has 70 valence electrons. The van der Waals surface area contributed by atoms with Crippen LogP contribution in [0.1, 0.15) is 25.2 Å². The van der Waals surface area contributed by atoms with Crippen LogP contribution in [0.25, 0.3) is 0 Å². The number of hydrogen-bond acceptors (Lipinski definition) is 2. The van der Waals surface area contributed by atoms with Gasteiger partial charge in [0, 0.05) is 18.3 Å². The highest BCUT2D eigenvalue weighted by Gasteiger charge is 2.02. The Kier molecular flexibility index (Phi) is 2.66. The molecule has 0 aliphatic carbocycles. The largest absolute Gasteiger partial charge is 0.293 e. The van der Waals surface area contributed by atoms with Crippen molar-refractivity contribution in [2.75, 3.05) is 0 Å². The summed E-state index contributed by atoms with van der Waals surface area (Å²) in [6.07, 6.45) is 0. The Hall–Kier alpha value is -1.38. The van der Waals surface area contributed by atoms with Crippen LogP contribution in [0, 0.1) is 13.8 Å². The van der Waals surface area contributed by atoms with Crippen molar-refractivity contribution in [1.82, 2.24) is 4.68 Å². The Morgan fingerprint density at radius 1 is 1.23 bits per heavy atom. The molecule has 0 radical (unpaired) electrons. The van der Waals surface area contributed by atoms with Gasteiger partial charge in [-0.05, 0) is 32.9 Å². The predicted molar refractivity (Wildman–Crippen MR) is 53.1 cm³/mol. The second kappa shape index (κ2) is 3.56.